The highest BCUT2D eigenvalue weighted by Crippen LogP contribution is 2.27. The first-order valence-corrected chi connectivity index (χ1v) is 5.78. The van der Waals surface area contributed by atoms with Crippen LogP contribution < -0.4 is 0 Å². The first-order chi connectivity index (χ1) is 7.77. The molecule has 2 aromatic carbocycles. The van der Waals surface area contributed by atoms with Gasteiger partial charge in [0, 0.05) is 4.47 Å². The van der Waals surface area contributed by atoms with E-state index >= 15 is 0 Å². The number of azo groups is 1. The van der Waals surface area contributed by atoms with Gasteiger partial charge in [0.05, 0.1) is 11.4 Å². The Kier molecular flexibility index (Phi) is 3.47. The minimum atomic E-state index is 0.839. The standard InChI is InChI=1S/C13H11BrN2/c1-10-6-2-4-8-12(10)15-16-13-9-5-3-7-11(13)14/h2-9H,1H3. The van der Waals surface area contributed by atoms with E-state index in [0.29, 0.717) is 0 Å². The van der Waals surface area contributed by atoms with Crippen LogP contribution in [0.5, 0.6) is 0 Å². The molecule has 0 saturated heterocycles. The molecule has 80 valence electrons. The molecule has 0 aliphatic rings. The Hall–Kier alpha value is -1.48. The summed E-state index contributed by atoms with van der Waals surface area (Å²) in [4.78, 5) is 0. The van der Waals surface area contributed by atoms with Crippen LogP contribution in [-0.2, 0) is 0 Å². The van der Waals surface area contributed by atoms with Crippen LogP contribution >= 0.6 is 15.9 Å². The van der Waals surface area contributed by atoms with Crippen LogP contribution in [-0.4, -0.2) is 0 Å². The molecule has 0 amide bonds. The van der Waals surface area contributed by atoms with Crippen molar-refractivity contribution in [3.63, 3.8) is 0 Å². The van der Waals surface area contributed by atoms with Gasteiger partial charge in [0.2, 0.25) is 0 Å². The molecule has 2 aromatic rings. The Balaban J connectivity index is 2.29. The van der Waals surface area contributed by atoms with Gasteiger partial charge in [-0.25, -0.2) is 0 Å². The van der Waals surface area contributed by atoms with Crippen LogP contribution in [0, 0.1) is 6.92 Å². The fourth-order valence-electron chi connectivity index (χ4n) is 1.32. The van der Waals surface area contributed by atoms with Gasteiger partial charge in [-0.15, -0.1) is 5.11 Å². The molecule has 0 fully saturated rings. The molecule has 0 heterocycles. The van der Waals surface area contributed by atoms with Gasteiger partial charge >= 0.3 is 0 Å². The Bertz CT molecular complexity index is 473. The Labute approximate surface area is 103 Å². The van der Waals surface area contributed by atoms with E-state index in [1.54, 1.807) is 0 Å². The first kappa shape index (κ1) is 11.0. The van der Waals surface area contributed by atoms with Gasteiger partial charge in [-0.05, 0) is 46.6 Å². The zero-order chi connectivity index (χ0) is 11.4. The third-order valence-electron chi connectivity index (χ3n) is 2.23. The smallest absolute Gasteiger partial charge is 0.0998 e. The summed E-state index contributed by atoms with van der Waals surface area (Å²) in [6, 6.07) is 15.7. The second-order valence-electron chi connectivity index (χ2n) is 3.44. The summed E-state index contributed by atoms with van der Waals surface area (Å²) in [7, 11) is 0. The topological polar surface area (TPSA) is 24.7 Å². The molecule has 2 nitrogen and oxygen atoms in total. The lowest BCUT2D eigenvalue weighted by atomic mass is 10.2. The number of halogens is 1. The van der Waals surface area contributed by atoms with Gasteiger partial charge in [0.1, 0.15) is 0 Å². The molecule has 0 unspecified atom stereocenters. The molecule has 0 N–H and O–H groups in total. The van der Waals surface area contributed by atoms with Gasteiger partial charge < -0.3 is 0 Å². The minimum Gasteiger partial charge on any atom is -0.150 e. The van der Waals surface area contributed by atoms with Crippen LogP contribution in [0.2, 0.25) is 0 Å². The van der Waals surface area contributed by atoms with E-state index < -0.39 is 0 Å². The van der Waals surface area contributed by atoms with E-state index in [1.807, 2.05) is 55.5 Å². The number of hydrogen-bond acceptors (Lipinski definition) is 2. The average molecular weight is 275 g/mol. The van der Waals surface area contributed by atoms with Crippen LogP contribution in [0.1, 0.15) is 5.56 Å². The molecule has 16 heavy (non-hydrogen) atoms. The van der Waals surface area contributed by atoms with Crippen molar-refractivity contribution in [3.8, 4) is 0 Å². The lowest BCUT2D eigenvalue weighted by Gasteiger charge is -1.98. The van der Waals surface area contributed by atoms with Gasteiger partial charge in [-0.3, -0.25) is 0 Å². The van der Waals surface area contributed by atoms with Gasteiger partial charge in [-0.2, -0.15) is 5.11 Å². The Morgan fingerprint density at radius 1 is 0.812 bits per heavy atom. The van der Waals surface area contributed by atoms with E-state index in [1.165, 1.54) is 0 Å². The van der Waals surface area contributed by atoms with Crippen LogP contribution in [0.4, 0.5) is 11.4 Å². The number of nitrogens with zero attached hydrogens (tertiary/aromatic N) is 2. The minimum absolute atomic E-state index is 0.839. The van der Waals surface area contributed by atoms with E-state index in [9.17, 15) is 0 Å². The van der Waals surface area contributed by atoms with Gasteiger partial charge in [0.25, 0.3) is 0 Å². The van der Waals surface area contributed by atoms with Crippen molar-refractivity contribution in [1.29, 1.82) is 0 Å². The maximum Gasteiger partial charge on any atom is 0.0998 e. The molecule has 0 aromatic heterocycles. The number of aryl methyl sites for hydroxylation is 1. The SMILES string of the molecule is Cc1ccccc1N=Nc1ccccc1Br. The van der Waals surface area contributed by atoms with Crippen LogP contribution in [0.15, 0.2) is 63.2 Å². The summed E-state index contributed by atoms with van der Waals surface area (Å²) in [5.74, 6) is 0. The van der Waals surface area contributed by atoms with Crippen LogP contribution in [0.25, 0.3) is 0 Å². The zero-order valence-corrected chi connectivity index (χ0v) is 10.5. The molecule has 0 bridgehead atoms. The first-order valence-electron chi connectivity index (χ1n) is 4.99. The van der Waals surface area contributed by atoms with E-state index in [0.717, 1.165) is 21.4 Å². The third kappa shape index (κ3) is 2.55. The van der Waals surface area contributed by atoms with Crippen LogP contribution in [0.3, 0.4) is 0 Å². The highest BCUT2D eigenvalue weighted by molar-refractivity contribution is 9.10. The van der Waals surface area contributed by atoms with Crippen molar-refractivity contribution < 1.29 is 0 Å². The molecule has 0 spiro atoms. The molecule has 0 aliphatic carbocycles. The third-order valence-corrected chi connectivity index (χ3v) is 2.90. The van der Waals surface area contributed by atoms with Crippen molar-refractivity contribution in [2.75, 3.05) is 0 Å². The fraction of sp³-hybridized carbons (Fsp3) is 0.0769. The lowest BCUT2D eigenvalue weighted by molar-refractivity contribution is 1.20. The molecule has 3 heteroatoms. The predicted molar refractivity (Wildman–Crippen MR) is 69.5 cm³/mol. The van der Waals surface area contributed by atoms with Gasteiger partial charge in [0.15, 0.2) is 0 Å². The summed E-state index contributed by atoms with van der Waals surface area (Å²) in [6.45, 7) is 2.02. The van der Waals surface area contributed by atoms with Crippen molar-refractivity contribution >= 4 is 27.3 Å². The number of benzene rings is 2. The molecule has 0 atom stereocenters. The largest absolute Gasteiger partial charge is 0.150 e. The normalized spacial score (nSPS) is 10.9. The zero-order valence-electron chi connectivity index (χ0n) is 8.89. The second-order valence-corrected chi connectivity index (χ2v) is 4.29. The van der Waals surface area contributed by atoms with Crippen molar-refractivity contribution in [1.82, 2.24) is 0 Å². The Morgan fingerprint density at radius 3 is 2.06 bits per heavy atom. The van der Waals surface area contributed by atoms with E-state index in [2.05, 4.69) is 26.2 Å². The molecule has 0 saturated carbocycles. The highest BCUT2D eigenvalue weighted by atomic mass is 79.9. The maximum absolute atomic E-state index is 4.23. The summed E-state index contributed by atoms with van der Waals surface area (Å²) >= 11 is 3.43. The van der Waals surface area contributed by atoms with Gasteiger partial charge in [-0.1, -0.05) is 30.3 Å². The van der Waals surface area contributed by atoms with Crippen molar-refractivity contribution in [3.05, 3.63) is 58.6 Å². The molecular weight excluding hydrogens is 264 g/mol. The average Bonchev–Trinajstić information content (AvgIpc) is 2.30. The summed E-state index contributed by atoms with van der Waals surface area (Å²) in [5.41, 5.74) is 2.86. The molecule has 2 rings (SSSR count). The lowest BCUT2D eigenvalue weighted by Crippen LogP contribution is -1.71. The second kappa shape index (κ2) is 5.03. The highest BCUT2D eigenvalue weighted by Gasteiger charge is 1.97. The summed E-state index contributed by atoms with van der Waals surface area (Å²) < 4.78 is 0.951. The molecular formula is C13H11BrN2. The van der Waals surface area contributed by atoms with E-state index in [-0.39, 0.29) is 0 Å². The number of hydrogen-bond donors (Lipinski definition) is 0. The summed E-state index contributed by atoms with van der Waals surface area (Å²) in [6.07, 6.45) is 0. The number of rotatable bonds is 2. The monoisotopic (exact) mass is 274 g/mol. The molecule has 0 aliphatic heterocycles. The predicted octanol–water partition coefficient (Wildman–Crippen LogP) is 5.17. The summed E-state index contributed by atoms with van der Waals surface area (Å²) in [5, 5.41) is 8.45. The maximum atomic E-state index is 4.23. The van der Waals surface area contributed by atoms with Crippen molar-refractivity contribution in [2.45, 2.75) is 6.92 Å². The fourth-order valence-corrected chi connectivity index (χ4v) is 1.68. The molecule has 0 radical (unpaired) electrons. The van der Waals surface area contributed by atoms with Crippen molar-refractivity contribution in [2.24, 2.45) is 10.2 Å². The Morgan fingerprint density at radius 2 is 1.38 bits per heavy atom. The quantitative estimate of drug-likeness (QED) is 0.675. The van der Waals surface area contributed by atoms with E-state index in [4.69, 9.17) is 0 Å².